The van der Waals surface area contributed by atoms with Crippen LogP contribution in [0.2, 0.25) is 5.02 Å². The number of amides is 1. The third-order valence-electron chi connectivity index (χ3n) is 3.51. The van der Waals surface area contributed by atoms with Crippen LogP contribution >= 0.6 is 11.6 Å². The molecule has 24 heavy (non-hydrogen) atoms. The number of imidazole rings is 1. The van der Waals surface area contributed by atoms with Gasteiger partial charge in [0.1, 0.15) is 17.5 Å². The molecule has 0 saturated carbocycles. The summed E-state index contributed by atoms with van der Waals surface area (Å²) in [5, 5.41) is 2.96. The Labute approximate surface area is 143 Å². The van der Waals surface area contributed by atoms with Crippen LogP contribution in [0.1, 0.15) is 21.7 Å². The second-order valence-corrected chi connectivity index (χ2v) is 5.61. The number of carbonyl (C=O) groups excluding carboxylic acids is 1. The molecule has 2 heterocycles. The summed E-state index contributed by atoms with van der Waals surface area (Å²) in [6.07, 6.45) is 5.18. The minimum atomic E-state index is -0.610. The number of carbonyl (C=O) groups is 1. The lowest BCUT2D eigenvalue weighted by atomic mass is 10.2. The fourth-order valence-electron chi connectivity index (χ4n) is 2.23. The van der Waals surface area contributed by atoms with Crippen LogP contribution in [0, 0.1) is 12.7 Å². The zero-order valence-corrected chi connectivity index (χ0v) is 13.6. The molecule has 0 atom stereocenters. The van der Waals surface area contributed by atoms with Crippen molar-refractivity contribution in [2.24, 2.45) is 0 Å². The fourth-order valence-corrected chi connectivity index (χ4v) is 2.41. The van der Waals surface area contributed by atoms with Crippen LogP contribution in [-0.2, 0) is 6.54 Å². The number of hydrogen-bond donors (Lipinski definition) is 1. The molecule has 0 radical (unpaired) electrons. The van der Waals surface area contributed by atoms with E-state index in [4.69, 9.17) is 11.6 Å². The molecule has 3 rings (SSSR count). The van der Waals surface area contributed by atoms with E-state index in [9.17, 15) is 9.18 Å². The van der Waals surface area contributed by atoms with Gasteiger partial charge in [-0.2, -0.15) is 0 Å². The zero-order valence-electron chi connectivity index (χ0n) is 12.8. The first-order valence-electron chi connectivity index (χ1n) is 7.23. The number of nitrogens with zero attached hydrogens (tertiary/aromatic N) is 3. The Morgan fingerprint density at radius 1 is 1.29 bits per heavy atom. The lowest BCUT2D eigenvalue weighted by molar-refractivity contribution is 0.0947. The molecule has 5 nitrogen and oxygen atoms in total. The first-order valence-corrected chi connectivity index (χ1v) is 7.61. The number of benzene rings is 1. The van der Waals surface area contributed by atoms with Gasteiger partial charge in [-0.25, -0.2) is 14.4 Å². The summed E-state index contributed by atoms with van der Waals surface area (Å²) in [4.78, 5) is 20.5. The van der Waals surface area contributed by atoms with Crippen molar-refractivity contribution in [1.29, 1.82) is 0 Å². The van der Waals surface area contributed by atoms with Gasteiger partial charge in [-0.15, -0.1) is 0 Å². The number of pyridine rings is 1. The van der Waals surface area contributed by atoms with Crippen LogP contribution in [0.25, 0.3) is 5.82 Å². The van der Waals surface area contributed by atoms with Crippen LogP contribution in [-0.4, -0.2) is 20.4 Å². The molecule has 2 aromatic heterocycles. The summed E-state index contributed by atoms with van der Waals surface area (Å²) < 4.78 is 15.5. The Kier molecular flexibility index (Phi) is 4.57. The minimum Gasteiger partial charge on any atom is -0.348 e. The Morgan fingerprint density at radius 2 is 2.12 bits per heavy atom. The van der Waals surface area contributed by atoms with Gasteiger partial charge in [-0.3, -0.25) is 9.36 Å². The van der Waals surface area contributed by atoms with Crippen molar-refractivity contribution < 1.29 is 9.18 Å². The summed E-state index contributed by atoms with van der Waals surface area (Å²) in [5.41, 5.74) is 0.716. The van der Waals surface area contributed by atoms with E-state index in [1.807, 2.05) is 29.8 Å². The zero-order chi connectivity index (χ0) is 17.1. The van der Waals surface area contributed by atoms with Crippen LogP contribution in [0.15, 0.2) is 48.9 Å². The highest BCUT2D eigenvalue weighted by molar-refractivity contribution is 6.31. The van der Waals surface area contributed by atoms with Crippen molar-refractivity contribution in [3.05, 3.63) is 76.7 Å². The molecular formula is C17H14ClFN4O. The van der Waals surface area contributed by atoms with E-state index in [1.54, 1.807) is 12.4 Å². The summed E-state index contributed by atoms with van der Waals surface area (Å²) in [5.74, 6) is 0.437. The van der Waals surface area contributed by atoms with Crippen molar-refractivity contribution in [1.82, 2.24) is 19.9 Å². The predicted molar refractivity (Wildman–Crippen MR) is 88.7 cm³/mol. The van der Waals surface area contributed by atoms with E-state index < -0.39 is 11.7 Å². The Hall–Kier alpha value is -2.73. The number of hydrogen-bond acceptors (Lipinski definition) is 3. The molecule has 1 N–H and O–H groups in total. The first-order chi connectivity index (χ1) is 11.5. The smallest absolute Gasteiger partial charge is 0.254 e. The number of aromatic nitrogens is 3. The predicted octanol–water partition coefficient (Wildman–Crippen LogP) is 3.30. The first kappa shape index (κ1) is 16.1. The molecule has 0 spiro atoms. The van der Waals surface area contributed by atoms with Crippen molar-refractivity contribution in [2.75, 3.05) is 0 Å². The van der Waals surface area contributed by atoms with Gasteiger partial charge in [0.15, 0.2) is 0 Å². The van der Waals surface area contributed by atoms with Gasteiger partial charge in [-0.05, 0) is 36.8 Å². The van der Waals surface area contributed by atoms with Crippen LogP contribution < -0.4 is 5.32 Å². The maximum atomic E-state index is 13.7. The van der Waals surface area contributed by atoms with E-state index in [0.29, 0.717) is 5.02 Å². The summed E-state index contributed by atoms with van der Waals surface area (Å²) in [7, 11) is 0. The van der Waals surface area contributed by atoms with Crippen LogP contribution in [0.3, 0.4) is 0 Å². The monoisotopic (exact) mass is 344 g/mol. The highest BCUT2D eigenvalue weighted by Gasteiger charge is 2.12. The quantitative estimate of drug-likeness (QED) is 0.790. The fraction of sp³-hybridized carbons (Fsp3) is 0.118. The summed E-state index contributed by atoms with van der Waals surface area (Å²) in [6.45, 7) is 2.12. The minimum absolute atomic E-state index is 0.0823. The van der Waals surface area contributed by atoms with Gasteiger partial charge >= 0.3 is 0 Å². The Bertz CT molecular complexity index is 877. The Morgan fingerprint density at radius 3 is 2.79 bits per heavy atom. The van der Waals surface area contributed by atoms with Gasteiger partial charge in [0, 0.05) is 30.2 Å². The van der Waals surface area contributed by atoms with E-state index in [-0.39, 0.29) is 12.1 Å². The van der Waals surface area contributed by atoms with Crippen LogP contribution in [0.5, 0.6) is 0 Å². The molecule has 0 unspecified atom stereocenters. The Balaban J connectivity index is 1.68. The number of rotatable bonds is 4. The largest absolute Gasteiger partial charge is 0.348 e. The molecule has 0 fully saturated rings. The highest BCUT2D eigenvalue weighted by atomic mass is 35.5. The molecule has 122 valence electrons. The van der Waals surface area contributed by atoms with Crippen molar-refractivity contribution in [3.8, 4) is 5.82 Å². The molecule has 1 amide bonds. The number of halogens is 2. The van der Waals surface area contributed by atoms with Gasteiger partial charge < -0.3 is 5.32 Å². The van der Waals surface area contributed by atoms with Gasteiger partial charge in [-0.1, -0.05) is 17.7 Å². The lowest BCUT2D eigenvalue weighted by Gasteiger charge is -2.08. The second-order valence-electron chi connectivity index (χ2n) is 5.18. The van der Waals surface area contributed by atoms with E-state index in [0.717, 1.165) is 17.2 Å². The maximum Gasteiger partial charge on any atom is 0.254 e. The highest BCUT2D eigenvalue weighted by Crippen LogP contribution is 2.15. The molecular weight excluding hydrogens is 331 g/mol. The molecule has 0 bridgehead atoms. The van der Waals surface area contributed by atoms with E-state index in [2.05, 4.69) is 15.3 Å². The number of nitrogens with one attached hydrogen (secondary N) is 1. The van der Waals surface area contributed by atoms with Gasteiger partial charge in [0.05, 0.1) is 5.56 Å². The van der Waals surface area contributed by atoms with Crippen LogP contribution in [0.4, 0.5) is 4.39 Å². The van der Waals surface area contributed by atoms with Crippen molar-refractivity contribution >= 4 is 17.5 Å². The molecule has 7 heteroatoms. The standard InChI is InChI=1S/C17H14ClFN4O/c1-11-20-6-7-23(11)16-5-2-12(9-21-16)10-22-17(24)14-8-13(18)3-4-15(14)19/h2-9H,10H2,1H3,(H,22,24). The SMILES string of the molecule is Cc1nccn1-c1ccc(CNC(=O)c2cc(Cl)ccc2F)cn1. The lowest BCUT2D eigenvalue weighted by Crippen LogP contribution is -2.24. The number of aryl methyl sites for hydroxylation is 1. The average Bonchev–Trinajstić information content (AvgIpc) is 3.01. The van der Waals surface area contributed by atoms with Crippen molar-refractivity contribution in [3.63, 3.8) is 0 Å². The maximum absolute atomic E-state index is 13.7. The van der Waals surface area contributed by atoms with Gasteiger partial charge in [0.2, 0.25) is 0 Å². The third kappa shape index (κ3) is 3.44. The van der Waals surface area contributed by atoms with E-state index in [1.165, 1.54) is 18.2 Å². The summed E-state index contributed by atoms with van der Waals surface area (Å²) >= 11 is 5.79. The topological polar surface area (TPSA) is 59.8 Å². The van der Waals surface area contributed by atoms with Crippen molar-refractivity contribution in [2.45, 2.75) is 13.5 Å². The van der Waals surface area contributed by atoms with E-state index >= 15 is 0 Å². The van der Waals surface area contributed by atoms with Gasteiger partial charge in [0.25, 0.3) is 5.91 Å². The molecule has 3 aromatic rings. The molecule has 1 aromatic carbocycles. The molecule has 0 aliphatic carbocycles. The summed E-state index contributed by atoms with van der Waals surface area (Å²) in [6, 6.07) is 7.54. The third-order valence-corrected chi connectivity index (χ3v) is 3.74. The normalized spacial score (nSPS) is 10.6. The average molecular weight is 345 g/mol. The molecule has 0 saturated heterocycles. The molecule has 0 aliphatic rings. The molecule has 0 aliphatic heterocycles. The second kappa shape index (κ2) is 6.80.